The maximum absolute atomic E-state index is 5.98. The monoisotopic (exact) mass is 226 g/mol. The molecule has 0 saturated heterocycles. The minimum atomic E-state index is 0.743. The Morgan fingerprint density at radius 1 is 1.50 bits per heavy atom. The van der Waals surface area contributed by atoms with Gasteiger partial charge >= 0.3 is 0 Å². The maximum Gasteiger partial charge on any atom is 0.126 e. The summed E-state index contributed by atoms with van der Waals surface area (Å²) in [6.07, 6.45) is 0. The molecule has 5 nitrogen and oxygen atoms in total. The fourth-order valence-electron chi connectivity index (χ4n) is 1.71. The zero-order chi connectivity index (χ0) is 12.1. The lowest BCUT2D eigenvalue weighted by Gasteiger charge is -2.19. The Bertz CT molecular complexity index is 335. The third-order valence-electron chi connectivity index (χ3n) is 2.84. The summed E-state index contributed by atoms with van der Waals surface area (Å²) in [5, 5.41) is 4.31. The van der Waals surface area contributed by atoms with Crippen molar-refractivity contribution < 1.29 is 4.74 Å². The number of hydrogen-bond donors (Lipinski definition) is 1. The molecule has 5 heteroatoms. The standard InChI is InChI=1S/C11H22N4O/c1-5-15(6-7-16-4)8-10-9(2)13-14(3)11(10)12/h5-8,12H2,1-4H3. The molecule has 0 aliphatic heterocycles. The smallest absolute Gasteiger partial charge is 0.126 e. The lowest BCUT2D eigenvalue weighted by molar-refractivity contribution is 0.147. The van der Waals surface area contributed by atoms with E-state index in [1.807, 2.05) is 14.0 Å². The Morgan fingerprint density at radius 3 is 2.62 bits per heavy atom. The minimum absolute atomic E-state index is 0.743. The van der Waals surface area contributed by atoms with Gasteiger partial charge in [-0.25, -0.2) is 0 Å². The second-order valence-electron chi connectivity index (χ2n) is 3.93. The first-order chi connectivity index (χ1) is 7.60. The van der Waals surface area contributed by atoms with Crippen molar-refractivity contribution in [2.24, 2.45) is 7.05 Å². The molecule has 0 atom stereocenters. The topological polar surface area (TPSA) is 56.3 Å². The number of nitrogen functional groups attached to an aromatic ring is 1. The van der Waals surface area contributed by atoms with Crippen molar-refractivity contribution >= 4 is 5.82 Å². The fourth-order valence-corrected chi connectivity index (χ4v) is 1.71. The van der Waals surface area contributed by atoms with E-state index in [0.717, 1.165) is 43.3 Å². The van der Waals surface area contributed by atoms with Crippen molar-refractivity contribution in [2.75, 3.05) is 32.5 Å². The Balaban J connectivity index is 2.69. The number of aromatic nitrogens is 2. The normalized spacial score (nSPS) is 11.3. The van der Waals surface area contributed by atoms with Gasteiger partial charge in [0.05, 0.1) is 12.3 Å². The van der Waals surface area contributed by atoms with Crippen molar-refractivity contribution in [3.8, 4) is 0 Å². The highest BCUT2D eigenvalue weighted by molar-refractivity contribution is 5.42. The Labute approximate surface area is 97.2 Å². The van der Waals surface area contributed by atoms with Gasteiger partial charge in [-0.15, -0.1) is 0 Å². The van der Waals surface area contributed by atoms with E-state index in [-0.39, 0.29) is 0 Å². The summed E-state index contributed by atoms with van der Waals surface area (Å²) in [6, 6.07) is 0. The SMILES string of the molecule is CCN(CCOC)Cc1c(C)nn(C)c1N. The molecular formula is C11H22N4O. The van der Waals surface area contributed by atoms with Gasteiger partial charge in [-0.3, -0.25) is 9.58 Å². The van der Waals surface area contributed by atoms with Gasteiger partial charge in [0.1, 0.15) is 5.82 Å². The van der Waals surface area contributed by atoms with Crippen molar-refractivity contribution in [3.05, 3.63) is 11.3 Å². The molecule has 2 N–H and O–H groups in total. The fraction of sp³-hybridized carbons (Fsp3) is 0.727. The van der Waals surface area contributed by atoms with Crippen LogP contribution in [-0.2, 0) is 18.3 Å². The Kier molecular flexibility index (Phi) is 4.76. The minimum Gasteiger partial charge on any atom is -0.384 e. The van der Waals surface area contributed by atoms with E-state index < -0.39 is 0 Å². The molecular weight excluding hydrogens is 204 g/mol. The molecule has 16 heavy (non-hydrogen) atoms. The molecule has 0 unspecified atom stereocenters. The van der Waals surface area contributed by atoms with Crippen LogP contribution >= 0.6 is 0 Å². The van der Waals surface area contributed by atoms with Gasteiger partial charge in [0.15, 0.2) is 0 Å². The number of nitrogens with two attached hydrogens (primary N) is 1. The van der Waals surface area contributed by atoms with Crippen LogP contribution < -0.4 is 5.73 Å². The molecule has 0 fully saturated rings. The van der Waals surface area contributed by atoms with Crippen LogP contribution in [0, 0.1) is 6.92 Å². The second-order valence-corrected chi connectivity index (χ2v) is 3.93. The van der Waals surface area contributed by atoms with E-state index in [4.69, 9.17) is 10.5 Å². The van der Waals surface area contributed by atoms with Crippen LogP contribution in [0.3, 0.4) is 0 Å². The van der Waals surface area contributed by atoms with Gasteiger partial charge < -0.3 is 10.5 Å². The highest BCUT2D eigenvalue weighted by Gasteiger charge is 2.13. The molecule has 1 heterocycles. The number of aryl methyl sites for hydroxylation is 2. The van der Waals surface area contributed by atoms with E-state index in [2.05, 4.69) is 16.9 Å². The molecule has 1 aromatic heterocycles. The molecule has 0 bridgehead atoms. The molecule has 0 spiro atoms. The zero-order valence-electron chi connectivity index (χ0n) is 10.7. The molecule has 0 aliphatic rings. The zero-order valence-corrected chi connectivity index (χ0v) is 10.7. The molecule has 1 aromatic rings. The van der Waals surface area contributed by atoms with E-state index in [1.54, 1.807) is 11.8 Å². The predicted molar refractivity (Wildman–Crippen MR) is 65.2 cm³/mol. The summed E-state index contributed by atoms with van der Waals surface area (Å²) >= 11 is 0. The lowest BCUT2D eigenvalue weighted by Crippen LogP contribution is -2.27. The highest BCUT2D eigenvalue weighted by atomic mass is 16.5. The van der Waals surface area contributed by atoms with Crippen molar-refractivity contribution in [2.45, 2.75) is 20.4 Å². The summed E-state index contributed by atoms with van der Waals surface area (Å²) in [6.45, 7) is 7.61. The van der Waals surface area contributed by atoms with E-state index in [0.29, 0.717) is 0 Å². The van der Waals surface area contributed by atoms with E-state index >= 15 is 0 Å². The first kappa shape index (κ1) is 13.0. The molecule has 0 radical (unpaired) electrons. The quantitative estimate of drug-likeness (QED) is 0.779. The van der Waals surface area contributed by atoms with E-state index in [9.17, 15) is 0 Å². The van der Waals surface area contributed by atoms with Gasteiger partial charge in [-0.2, -0.15) is 5.10 Å². The van der Waals surface area contributed by atoms with Gasteiger partial charge in [0, 0.05) is 32.8 Å². The Morgan fingerprint density at radius 2 is 2.19 bits per heavy atom. The summed E-state index contributed by atoms with van der Waals surface area (Å²) in [4.78, 5) is 2.30. The summed E-state index contributed by atoms with van der Waals surface area (Å²) < 4.78 is 6.81. The number of ether oxygens (including phenoxy) is 1. The van der Waals surface area contributed by atoms with Gasteiger partial charge in [0.25, 0.3) is 0 Å². The number of rotatable bonds is 6. The first-order valence-electron chi connectivity index (χ1n) is 5.59. The molecule has 0 saturated carbocycles. The largest absolute Gasteiger partial charge is 0.384 e. The van der Waals surface area contributed by atoms with Crippen molar-refractivity contribution in [1.29, 1.82) is 0 Å². The third-order valence-corrected chi connectivity index (χ3v) is 2.84. The predicted octanol–water partition coefficient (Wildman–Crippen LogP) is 0.779. The number of nitrogens with zero attached hydrogens (tertiary/aromatic N) is 3. The van der Waals surface area contributed by atoms with Crippen LogP contribution in [0.1, 0.15) is 18.2 Å². The van der Waals surface area contributed by atoms with Crippen LogP contribution in [0.4, 0.5) is 5.82 Å². The first-order valence-corrected chi connectivity index (χ1v) is 5.59. The lowest BCUT2D eigenvalue weighted by atomic mass is 10.2. The molecule has 0 aliphatic carbocycles. The molecule has 0 aromatic carbocycles. The maximum atomic E-state index is 5.98. The van der Waals surface area contributed by atoms with Gasteiger partial charge in [-0.05, 0) is 13.5 Å². The third kappa shape index (κ3) is 2.96. The Hall–Kier alpha value is -1.07. The van der Waals surface area contributed by atoms with Gasteiger partial charge in [-0.1, -0.05) is 6.92 Å². The number of hydrogen-bond acceptors (Lipinski definition) is 4. The average Bonchev–Trinajstić information content (AvgIpc) is 2.50. The number of methoxy groups -OCH3 is 1. The molecule has 0 amide bonds. The number of likely N-dealkylation sites (N-methyl/N-ethyl adjacent to an activating group) is 1. The van der Waals surface area contributed by atoms with Crippen LogP contribution in [0.15, 0.2) is 0 Å². The van der Waals surface area contributed by atoms with E-state index in [1.165, 1.54) is 0 Å². The summed E-state index contributed by atoms with van der Waals surface area (Å²) in [7, 11) is 3.59. The van der Waals surface area contributed by atoms with Crippen molar-refractivity contribution in [3.63, 3.8) is 0 Å². The summed E-state index contributed by atoms with van der Waals surface area (Å²) in [5.41, 5.74) is 8.11. The van der Waals surface area contributed by atoms with Crippen LogP contribution in [0.5, 0.6) is 0 Å². The second kappa shape index (κ2) is 5.86. The van der Waals surface area contributed by atoms with Crippen LogP contribution in [0.2, 0.25) is 0 Å². The van der Waals surface area contributed by atoms with Crippen LogP contribution in [-0.4, -0.2) is 41.5 Å². The highest BCUT2D eigenvalue weighted by Crippen LogP contribution is 2.17. The van der Waals surface area contributed by atoms with Crippen LogP contribution in [0.25, 0.3) is 0 Å². The van der Waals surface area contributed by atoms with Gasteiger partial charge in [0.2, 0.25) is 0 Å². The number of anilines is 1. The molecule has 92 valence electrons. The van der Waals surface area contributed by atoms with Crippen molar-refractivity contribution in [1.82, 2.24) is 14.7 Å². The molecule has 1 rings (SSSR count). The summed E-state index contributed by atoms with van der Waals surface area (Å²) in [5.74, 6) is 0.758. The average molecular weight is 226 g/mol.